The van der Waals surface area contributed by atoms with Crippen molar-refractivity contribution in [3.63, 3.8) is 0 Å². The number of halogens is 1. The zero-order valence-corrected chi connectivity index (χ0v) is 14.2. The number of anilines is 1. The van der Waals surface area contributed by atoms with E-state index in [0.29, 0.717) is 0 Å². The summed E-state index contributed by atoms with van der Waals surface area (Å²) in [6, 6.07) is 8.80. The van der Waals surface area contributed by atoms with Crippen LogP contribution >= 0.6 is 23.7 Å². The van der Waals surface area contributed by atoms with Crippen molar-refractivity contribution in [1.82, 2.24) is 9.88 Å². The fraction of sp³-hybridized carbons (Fsp3) is 0.438. The van der Waals surface area contributed by atoms with Crippen molar-refractivity contribution >= 4 is 29.4 Å². The van der Waals surface area contributed by atoms with Gasteiger partial charge in [-0.2, -0.15) is 0 Å². The molecule has 0 amide bonds. The maximum atomic E-state index is 4.56. The molecule has 3 rings (SSSR count). The molecule has 0 bridgehead atoms. The first-order chi connectivity index (χ1) is 9.70. The van der Waals surface area contributed by atoms with E-state index in [0.717, 1.165) is 32.7 Å². The Morgan fingerprint density at radius 1 is 1.14 bits per heavy atom. The Morgan fingerprint density at radius 3 is 2.52 bits per heavy atom. The normalized spacial score (nSPS) is 15.8. The molecule has 1 aliphatic heterocycles. The van der Waals surface area contributed by atoms with Crippen LogP contribution in [0, 0.1) is 13.8 Å². The molecule has 2 heterocycles. The van der Waals surface area contributed by atoms with Crippen LogP contribution in [0.15, 0.2) is 29.6 Å². The van der Waals surface area contributed by atoms with E-state index in [1.54, 1.807) is 11.3 Å². The van der Waals surface area contributed by atoms with Crippen LogP contribution in [0.25, 0.3) is 0 Å². The highest BCUT2D eigenvalue weighted by Crippen LogP contribution is 2.19. The summed E-state index contributed by atoms with van der Waals surface area (Å²) in [5.41, 5.74) is 3.91. The molecule has 3 nitrogen and oxygen atoms in total. The second kappa shape index (κ2) is 7.25. The number of aryl methyl sites for hydroxylation is 2. The Labute approximate surface area is 137 Å². The molecule has 0 spiro atoms. The van der Waals surface area contributed by atoms with Crippen LogP contribution in [0.2, 0.25) is 0 Å². The lowest BCUT2D eigenvalue weighted by Gasteiger charge is -2.35. The number of aromatic nitrogens is 1. The van der Waals surface area contributed by atoms with E-state index in [1.807, 2.05) is 0 Å². The fourth-order valence-corrected chi connectivity index (χ4v) is 3.30. The van der Waals surface area contributed by atoms with Crippen molar-refractivity contribution in [2.24, 2.45) is 0 Å². The molecular weight excluding hydrogens is 302 g/mol. The van der Waals surface area contributed by atoms with Gasteiger partial charge in [0.1, 0.15) is 0 Å². The average Bonchev–Trinajstić information content (AvgIpc) is 2.85. The monoisotopic (exact) mass is 323 g/mol. The summed E-state index contributed by atoms with van der Waals surface area (Å²) in [5, 5.41) is 3.35. The van der Waals surface area contributed by atoms with E-state index < -0.39 is 0 Å². The molecule has 1 fully saturated rings. The Morgan fingerprint density at radius 2 is 1.90 bits per heavy atom. The number of hydrogen-bond donors (Lipinski definition) is 0. The number of nitrogens with zero attached hydrogens (tertiary/aromatic N) is 3. The number of thiazole rings is 1. The van der Waals surface area contributed by atoms with Crippen LogP contribution in [0.3, 0.4) is 0 Å². The minimum Gasteiger partial charge on any atom is -0.369 e. The predicted molar refractivity (Wildman–Crippen MR) is 92.8 cm³/mol. The summed E-state index contributed by atoms with van der Waals surface area (Å²) in [7, 11) is 0. The smallest absolute Gasteiger partial charge is 0.0897 e. The molecule has 2 aromatic rings. The van der Waals surface area contributed by atoms with Gasteiger partial charge in [-0.25, -0.2) is 4.98 Å². The molecule has 0 radical (unpaired) electrons. The molecule has 1 aromatic heterocycles. The van der Waals surface area contributed by atoms with Crippen molar-refractivity contribution in [3.05, 3.63) is 45.9 Å². The summed E-state index contributed by atoms with van der Waals surface area (Å²) >= 11 is 1.74. The van der Waals surface area contributed by atoms with Gasteiger partial charge in [-0.15, -0.1) is 23.7 Å². The first kappa shape index (κ1) is 16.3. The van der Waals surface area contributed by atoms with Gasteiger partial charge in [0.05, 0.1) is 10.7 Å². The largest absolute Gasteiger partial charge is 0.369 e. The van der Waals surface area contributed by atoms with E-state index in [-0.39, 0.29) is 12.4 Å². The zero-order valence-electron chi connectivity index (χ0n) is 12.6. The average molecular weight is 324 g/mol. The number of benzene rings is 1. The topological polar surface area (TPSA) is 19.4 Å². The lowest BCUT2D eigenvalue weighted by molar-refractivity contribution is 0.247. The molecule has 1 aliphatic rings. The summed E-state index contributed by atoms with van der Waals surface area (Å²) in [6.45, 7) is 9.66. The lowest BCUT2D eigenvalue weighted by atomic mass is 10.2. The van der Waals surface area contributed by atoms with Crippen LogP contribution in [-0.4, -0.2) is 36.1 Å². The molecule has 0 unspecified atom stereocenters. The van der Waals surface area contributed by atoms with E-state index in [9.17, 15) is 0 Å². The minimum atomic E-state index is 0. The van der Waals surface area contributed by atoms with Crippen molar-refractivity contribution < 1.29 is 0 Å². The lowest BCUT2D eigenvalue weighted by Crippen LogP contribution is -2.46. The van der Waals surface area contributed by atoms with Crippen molar-refractivity contribution in [2.45, 2.75) is 20.4 Å². The third-order valence-corrected chi connectivity index (χ3v) is 4.61. The molecular formula is C16H22ClN3S. The van der Waals surface area contributed by atoms with Gasteiger partial charge in [-0.1, -0.05) is 12.1 Å². The van der Waals surface area contributed by atoms with Crippen LogP contribution in [0.4, 0.5) is 5.69 Å². The van der Waals surface area contributed by atoms with E-state index in [2.05, 4.69) is 58.3 Å². The van der Waals surface area contributed by atoms with Gasteiger partial charge in [0.15, 0.2) is 0 Å². The van der Waals surface area contributed by atoms with Crippen LogP contribution < -0.4 is 4.90 Å². The van der Waals surface area contributed by atoms with Crippen LogP contribution in [0.1, 0.15) is 16.3 Å². The highest BCUT2D eigenvalue weighted by atomic mass is 35.5. The molecule has 0 atom stereocenters. The Hall–Kier alpha value is -1.10. The van der Waals surface area contributed by atoms with E-state index in [1.165, 1.54) is 22.0 Å². The molecule has 21 heavy (non-hydrogen) atoms. The third-order valence-electron chi connectivity index (χ3n) is 3.79. The predicted octanol–water partition coefficient (Wildman–Crippen LogP) is 3.50. The Bertz CT molecular complexity index is 576. The van der Waals surface area contributed by atoms with Crippen molar-refractivity contribution in [1.29, 1.82) is 0 Å². The number of piperazine rings is 1. The van der Waals surface area contributed by atoms with Crippen LogP contribution in [-0.2, 0) is 6.54 Å². The summed E-state index contributed by atoms with van der Waals surface area (Å²) in [5.74, 6) is 0. The Balaban J connectivity index is 0.00000161. The minimum absolute atomic E-state index is 0. The zero-order chi connectivity index (χ0) is 13.9. The third kappa shape index (κ3) is 4.19. The second-order valence-electron chi connectivity index (χ2n) is 5.46. The molecule has 0 aliphatic carbocycles. The molecule has 1 saturated heterocycles. The standard InChI is InChI=1S/C16H21N3S.ClH/c1-13-4-3-5-16(10-13)19-8-6-18(7-9-19)11-15-12-20-14(2)17-15;/h3-5,10,12H,6-9,11H2,1-2H3;1H. The van der Waals surface area contributed by atoms with Gasteiger partial charge in [0.25, 0.3) is 0 Å². The second-order valence-corrected chi connectivity index (χ2v) is 6.52. The van der Waals surface area contributed by atoms with Crippen molar-refractivity contribution in [3.8, 4) is 0 Å². The molecule has 0 saturated carbocycles. The summed E-state index contributed by atoms with van der Waals surface area (Å²) < 4.78 is 0. The summed E-state index contributed by atoms with van der Waals surface area (Å²) in [4.78, 5) is 9.54. The number of hydrogen-bond acceptors (Lipinski definition) is 4. The van der Waals surface area contributed by atoms with Gasteiger partial charge >= 0.3 is 0 Å². The highest BCUT2D eigenvalue weighted by Gasteiger charge is 2.17. The summed E-state index contributed by atoms with van der Waals surface area (Å²) in [6.07, 6.45) is 0. The number of rotatable bonds is 3. The molecule has 114 valence electrons. The fourth-order valence-electron chi connectivity index (χ4n) is 2.70. The van der Waals surface area contributed by atoms with Gasteiger partial charge in [-0.05, 0) is 31.5 Å². The molecule has 0 N–H and O–H groups in total. The maximum Gasteiger partial charge on any atom is 0.0897 e. The van der Waals surface area contributed by atoms with Gasteiger partial charge in [0.2, 0.25) is 0 Å². The Kier molecular flexibility index (Phi) is 5.62. The quantitative estimate of drug-likeness (QED) is 0.861. The van der Waals surface area contributed by atoms with E-state index in [4.69, 9.17) is 0 Å². The van der Waals surface area contributed by atoms with E-state index >= 15 is 0 Å². The molecule has 5 heteroatoms. The van der Waals surface area contributed by atoms with Crippen molar-refractivity contribution in [2.75, 3.05) is 31.1 Å². The maximum absolute atomic E-state index is 4.56. The SMILES string of the molecule is Cc1cccc(N2CCN(Cc3csc(C)n3)CC2)c1.Cl. The van der Waals surface area contributed by atoms with Gasteiger partial charge < -0.3 is 4.90 Å². The molecule has 1 aromatic carbocycles. The first-order valence-corrected chi connectivity index (χ1v) is 8.04. The van der Waals surface area contributed by atoms with Gasteiger partial charge in [-0.3, -0.25) is 4.90 Å². The van der Waals surface area contributed by atoms with Crippen LogP contribution in [0.5, 0.6) is 0 Å². The first-order valence-electron chi connectivity index (χ1n) is 7.16. The highest BCUT2D eigenvalue weighted by molar-refractivity contribution is 7.09. The van der Waals surface area contributed by atoms with Gasteiger partial charge in [0, 0.05) is 43.8 Å².